The third-order valence-electron chi connectivity index (χ3n) is 7.69. The number of ketones is 1. The molecule has 8 unspecified atom stereocenters. The van der Waals surface area contributed by atoms with Crippen LogP contribution in [0.4, 0.5) is 0 Å². The van der Waals surface area contributed by atoms with Gasteiger partial charge in [-0.1, -0.05) is 36.7 Å². The molecule has 0 saturated heterocycles. The molecule has 1 aromatic rings. The van der Waals surface area contributed by atoms with Crippen LogP contribution in [0.15, 0.2) is 24.3 Å². The quantitative estimate of drug-likeness (QED) is 0.0658. The van der Waals surface area contributed by atoms with E-state index in [0.29, 0.717) is 12.0 Å². The minimum Gasteiger partial charge on any atom is -0.480 e. The number of hydrogen-bond acceptors (Lipinski definition) is 20. The molecule has 0 fully saturated rings. The normalized spacial score (nSPS) is 14.6. The van der Waals surface area contributed by atoms with Gasteiger partial charge in [0.05, 0.1) is 11.6 Å². The summed E-state index contributed by atoms with van der Waals surface area (Å²) in [4.78, 5) is 123. The van der Waals surface area contributed by atoms with E-state index in [1.54, 1.807) is 13.8 Å². The van der Waals surface area contributed by atoms with Gasteiger partial charge in [-0.15, -0.1) is 0 Å². The first-order valence-corrected chi connectivity index (χ1v) is 19.2. The molecular weight excluding hydrogens is 859 g/mol. The van der Waals surface area contributed by atoms with Crippen molar-refractivity contribution in [3.8, 4) is 5.75 Å². The van der Waals surface area contributed by atoms with Gasteiger partial charge in [-0.25, -0.2) is 43.2 Å². The van der Waals surface area contributed by atoms with E-state index >= 15 is 0 Å². The Morgan fingerprint density at radius 2 is 0.803 bits per heavy atom. The predicted octanol–water partition coefficient (Wildman–Crippen LogP) is 3.54. The van der Waals surface area contributed by atoms with Crippen LogP contribution < -0.4 is 4.74 Å². The van der Waals surface area contributed by atoms with Crippen LogP contribution >= 0.6 is 23.2 Å². The molecule has 0 radical (unpaired) electrons. The summed E-state index contributed by atoms with van der Waals surface area (Å²) < 4.78 is 49.5. The van der Waals surface area contributed by atoms with Gasteiger partial charge in [-0.2, -0.15) is 0 Å². The molecule has 0 aliphatic carbocycles. The molecule has 0 heterocycles. The zero-order valence-corrected chi connectivity index (χ0v) is 36.5. The fourth-order valence-electron chi connectivity index (χ4n) is 4.07. The fourth-order valence-corrected chi connectivity index (χ4v) is 4.53. The molecule has 0 aliphatic rings. The van der Waals surface area contributed by atoms with Crippen LogP contribution in [0.5, 0.6) is 5.75 Å². The van der Waals surface area contributed by atoms with Crippen LogP contribution in [0.3, 0.4) is 0 Å². The summed E-state index contributed by atoms with van der Waals surface area (Å²) in [6.07, 6.45) is -12.1. The van der Waals surface area contributed by atoms with E-state index in [9.17, 15) is 47.9 Å². The van der Waals surface area contributed by atoms with E-state index in [-0.39, 0.29) is 28.0 Å². The van der Waals surface area contributed by atoms with Crippen LogP contribution in [0.25, 0.3) is 0 Å². The Balaban J connectivity index is 2.57. The summed E-state index contributed by atoms with van der Waals surface area (Å²) >= 11 is 12.4. The number of carbonyl (C=O) groups is 10. The van der Waals surface area contributed by atoms with Crippen molar-refractivity contribution in [2.75, 3.05) is 13.2 Å². The number of halogens is 2. The molecule has 338 valence electrons. The van der Waals surface area contributed by atoms with Gasteiger partial charge in [0.2, 0.25) is 0 Å². The van der Waals surface area contributed by atoms with Gasteiger partial charge in [-0.05, 0) is 86.4 Å². The molecule has 1 aromatic carbocycles. The second kappa shape index (κ2) is 25.1. The summed E-state index contributed by atoms with van der Waals surface area (Å²) in [5.74, 6) is -10.7. The minimum absolute atomic E-state index is 0.0461. The van der Waals surface area contributed by atoms with Gasteiger partial charge in [0, 0.05) is 5.56 Å². The zero-order valence-electron chi connectivity index (χ0n) is 35.0. The molecule has 22 heteroatoms. The van der Waals surface area contributed by atoms with Crippen LogP contribution in [0.2, 0.25) is 10.0 Å². The molecule has 1 rings (SSSR count). The molecule has 8 atom stereocenters. The van der Waals surface area contributed by atoms with E-state index in [2.05, 4.69) is 6.58 Å². The number of carbonyl (C=O) groups excluding carboxylic acids is 10. The maximum Gasteiger partial charge on any atom is 0.347 e. The topological polar surface area (TPSA) is 263 Å². The smallest absolute Gasteiger partial charge is 0.347 e. The Bertz CT molecular complexity index is 1840. The van der Waals surface area contributed by atoms with Crippen molar-refractivity contribution in [2.24, 2.45) is 0 Å². The van der Waals surface area contributed by atoms with Crippen molar-refractivity contribution in [1.29, 1.82) is 0 Å². The molecule has 0 aromatic heterocycles. The monoisotopic (exact) mass is 906 g/mol. The lowest BCUT2D eigenvalue weighted by Crippen LogP contribution is -2.39. The first-order valence-electron chi connectivity index (χ1n) is 18.5. The third kappa shape index (κ3) is 17.0. The second-order valence-electron chi connectivity index (χ2n) is 12.8. The first-order chi connectivity index (χ1) is 28.4. The highest BCUT2D eigenvalue weighted by molar-refractivity contribution is 6.45. The molecule has 0 N–H and O–H groups in total. The van der Waals surface area contributed by atoms with Gasteiger partial charge >= 0.3 is 53.7 Å². The Morgan fingerprint density at radius 1 is 0.492 bits per heavy atom. The number of Topliss-reactive ketones (excluding diaryl/α,β-unsaturated/α-hetero) is 1. The highest BCUT2D eigenvalue weighted by Crippen LogP contribution is 2.36. The van der Waals surface area contributed by atoms with Crippen molar-refractivity contribution in [3.05, 3.63) is 39.9 Å². The van der Waals surface area contributed by atoms with Crippen molar-refractivity contribution >= 4 is 82.7 Å². The van der Waals surface area contributed by atoms with Crippen LogP contribution in [0, 0.1) is 0 Å². The molecule has 0 saturated carbocycles. The molecule has 20 nitrogen and oxygen atoms in total. The van der Waals surface area contributed by atoms with Crippen molar-refractivity contribution < 1.29 is 95.3 Å². The largest absolute Gasteiger partial charge is 0.480 e. The van der Waals surface area contributed by atoms with Crippen LogP contribution in [0.1, 0.15) is 86.0 Å². The summed E-state index contributed by atoms with van der Waals surface area (Å²) in [6, 6.07) is 2.65. The van der Waals surface area contributed by atoms with E-state index < -0.39 is 115 Å². The number of esters is 9. The average molecular weight is 908 g/mol. The third-order valence-corrected chi connectivity index (χ3v) is 8.55. The number of benzene rings is 1. The maximum atomic E-state index is 12.5. The maximum absolute atomic E-state index is 12.5. The standard InChI is InChI=1S/C39H48Cl2O20/c1-12-17(3)31(43)26-14-15-27(30(41)29(26)40)53-16-28(42)54-19(5)33(45)56-21(7)35(47)58-23(9)37(49)60-25(11)39(51)61-24(10)38(50)59-22(8)36(48)57-20(6)34(46)55-18(4)32(44)52-13-2/h14-15,18-25H,3,12-13,16H2,1-2,4-11H3. The minimum atomic E-state index is -1.66. The number of ether oxygens (including phenoxy) is 10. The highest BCUT2D eigenvalue weighted by atomic mass is 35.5. The highest BCUT2D eigenvalue weighted by Gasteiger charge is 2.33. The SMILES string of the molecule is C=C(CC)C(=O)c1ccc(OCC(=O)OC(C)C(=O)OC(C)C(=O)OC(C)C(=O)OC(C)C(=O)OC(C)C(=O)OC(C)C(=O)OC(C)C(=O)OC(C)C(=O)OCC)c(Cl)c1Cl. The molecule has 0 aliphatic heterocycles. The molecular formula is C39H48Cl2O20. The van der Waals surface area contributed by atoms with E-state index in [0.717, 1.165) is 48.5 Å². The number of hydrogen-bond donors (Lipinski definition) is 0. The lowest BCUT2D eigenvalue weighted by atomic mass is 10.0. The summed E-state index contributed by atoms with van der Waals surface area (Å²) in [5, 5.41) is -0.275. The Labute approximate surface area is 360 Å². The summed E-state index contributed by atoms with van der Waals surface area (Å²) in [6.45, 7) is 15.2. The predicted molar refractivity (Wildman–Crippen MR) is 207 cm³/mol. The van der Waals surface area contributed by atoms with E-state index in [4.69, 9.17) is 70.6 Å². The van der Waals surface area contributed by atoms with Gasteiger partial charge in [0.1, 0.15) is 10.8 Å². The Hall–Kier alpha value is -5.76. The van der Waals surface area contributed by atoms with E-state index in [1.807, 2.05) is 0 Å². The van der Waals surface area contributed by atoms with Gasteiger partial charge in [0.25, 0.3) is 0 Å². The average Bonchev–Trinajstić information content (AvgIpc) is 3.20. The Kier molecular flexibility index (Phi) is 21.9. The Morgan fingerprint density at radius 3 is 1.11 bits per heavy atom. The first kappa shape index (κ1) is 53.3. The zero-order chi connectivity index (χ0) is 46.9. The van der Waals surface area contributed by atoms with Gasteiger partial charge in [0.15, 0.2) is 61.2 Å². The van der Waals surface area contributed by atoms with Crippen molar-refractivity contribution in [2.45, 2.75) is 124 Å². The fraction of sp³-hybridized carbons (Fsp3) is 0.538. The van der Waals surface area contributed by atoms with Crippen molar-refractivity contribution in [3.63, 3.8) is 0 Å². The summed E-state index contributed by atoms with van der Waals surface area (Å²) in [7, 11) is 0. The van der Waals surface area contributed by atoms with Gasteiger partial charge in [-0.3, -0.25) is 4.79 Å². The van der Waals surface area contributed by atoms with Crippen molar-refractivity contribution in [1.82, 2.24) is 0 Å². The second-order valence-corrected chi connectivity index (χ2v) is 13.5. The van der Waals surface area contributed by atoms with Crippen LogP contribution in [-0.2, 0) is 85.8 Å². The molecule has 0 bridgehead atoms. The summed E-state index contributed by atoms with van der Waals surface area (Å²) in [5.41, 5.74) is 0.386. The molecule has 0 amide bonds. The van der Waals surface area contributed by atoms with Gasteiger partial charge < -0.3 is 47.4 Å². The number of rotatable bonds is 23. The van der Waals surface area contributed by atoms with Crippen LogP contribution in [-0.4, -0.2) is 122 Å². The molecule has 61 heavy (non-hydrogen) atoms. The van der Waals surface area contributed by atoms with E-state index in [1.165, 1.54) is 19.1 Å². The lowest BCUT2D eigenvalue weighted by Gasteiger charge is -2.21. The lowest BCUT2D eigenvalue weighted by molar-refractivity contribution is -0.189. The number of allylic oxidation sites excluding steroid dienone is 1. The molecule has 0 spiro atoms.